The average Bonchev–Trinajstić information content (AvgIpc) is 3.61. The number of hydrogen-bond donors (Lipinski definition) is 0. The molecule has 0 unspecified atom stereocenters. The molecule has 0 N–H and O–H groups in total. The number of aromatic nitrogens is 4. The Hall–Kier alpha value is -4.99. The van der Waals surface area contributed by atoms with E-state index >= 15 is 0 Å². The van der Waals surface area contributed by atoms with E-state index in [2.05, 4.69) is 120 Å². The molecule has 6 heteroatoms. The van der Waals surface area contributed by atoms with E-state index in [0.717, 1.165) is 50.0 Å². The van der Waals surface area contributed by atoms with Gasteiger partial charge in [-0.1, -0.05) is 87.0 Å². The number of ether oxygens (including phenoxy) is 1. The molecule has 0 fully saturated rings. The third-order valence-electron chi connectivity index (χ3n) is 8.20. The number of fused-ring (bicyclic) bond motifs is 4. The molecule has 0 saturated heterocycles. The zero-order valence-electron chi connectivity index (χ0n) is 25.6. The van der Waals surface area contributed by atoms with Crippen molar-refractivity contribution in [2.24, 2.45) is 0 Å². The van der Waals surface area contributed by atoms with Crippen LogP contribution in [0, 0.1) is 18.5 Å². The Bertz CT molecular complexity index is 2330. The summed E-state index contributed by atoms with van der Waals surface area (Å²) in [6, 6.07) is 48.3. The van der Waals surface area contributed by atoms with Gasteiger partial charge in [0.05, 0.1) is 16.7 Å². The van der Waals surface area contributed by atoms with Gasteiger partial charge in [-0.2, -0.15) is 18.2 Å². The molecule has 0 amide bonds. The SMILES string of the molecule is CC(C)(C)c1ccc(-[n+]2[c-]n(-c3[c-]c(Oc4[c-]c5c(cc4)c4ccccc4n5-c4ccccn4)ccc3)c3ccccc32)cc1.[Pt]. The Labute approximate surface area is 282 Å². The molecule has 0 aliphatic heterocycles. The second kappa shape index (κ2) is 11.7. The molecule has 8 rings (SSSR count). The first-order valence-corrected chi connectivity index (χ1v) is 15.1. The van der Waals surface area contributed by atoms with Gasteiger partial charge in [0.25, 0.3) is 6.33 Å². The molecule has 0 atom stereocenters. The first-order valence-electron chi connectivity index (χ1n) is 15.1. The summed E-state index contributed by atoms with van der Waals surface area (Å²) in [5, 5.41) is 2.24. The van der Waals surface area contributed by atoms with Crippen molar-refractivity contribution in [1.29, 1.82) is 0 Å². The number of nitrogens with zero attached hydrogens (tertiary/aromatic N) is 4. The summed E-state index contributed by atoms with van der Waals surface area (Å²) in [5.41, 5.74) is 7.34. The van der Waals surface area contributed by atoms with Crippen molar-refractivity contribution in [1.82, 2.24) is 14.1 Å². The Morgan fingerprint density at radius 2 is 1.41 bits per heavy atom. The molecule has 0 aliphatic carbocycles. The number of benzene rings is 5. The van der Waals surface area contributed by atoms with E-state index < -0.39 is 0 Å². The summed E-state index contributed by atoms with van der Waals surface area (Å²) in [5.74, 6) is 2.03. The van der Waals surface area contributed by atoms with E-state index in [1.165, 1.54) is 5.56 Å². The zero-order chi connectivity index (χ0) is 30.5. The number of para-hydroxylation sites is 3. The minimum atomic E-state index is 0. The standard InChI is InChI=1S/C40H30N4O.Pt/c1-40(2,3)28-18-20-29(21-19-28)42-27-43(37-16-7-6-15-36(37)42)30-11-10-12-31(25-30)45-32-22-23-34-33-13-4-5-14-35(33)44(38(34)26-32)39-17-8-9-24-41-39;/h4-24H,1-3H3;/q-2;. The van der Waals surface area contributed by atoms with Crippen LogP contribution in [0.2, 0.25) is 0 Å². The van der Waals surface area contributed by atoms with E-state index in [4.69, 9.17) is 4.74 Å². The summed E-state index contributed by atoms with van der Waals surface area (Å²) in [7, 11) is 0. The Kier molecular flexibility index (Phi) is 7.58. The predicted molar refractivity (Wildman–Crippen MR) is 179 cm³/mol. The molecular formula is C40H30N4OPt-2. The molecule has 0 bridgehead atoms. The Morgan fingerprint density at radius 3 is 2.20 bits per heavy atom. The monoisotopic (exact) mass is 777 g/mol. The molecule has 46 heavy (non-hydrogen) atoms. The number of pyridine rings is 1. The van der Waals surface area contributed by atoms with Crippen molar-refractivity contribution in [3.8, 4) is 28.7 Å². The molecule has 3 aromatic heterocycles. The fourth-order valence-corrected chi connectivity index (χ4v) is 5.94. The topological polar surface area (TPSA) is 35.9 Å². The minimum Gasteiger partial charge on any atom is -0.510 e. The molecule has 5 nitrogen and oxygen atoms in total. The van der Waals surface area contributed by atoms with Crippen molar-refractivity contribution < 1.29 is 30.4 Å². The number of rotatable bonds is 5. The summed E-state index contributed by atoms with van der Waals surface area (Å²) >= 11 is 0. The van der Waals surface area contributed by atoms with E-state index in [9.17, 15) is 0 Å². The maximum absolute atomic E-state index is 6.41. The fraction of sp³-hybridized carbons (Fsp3) is 0.100. The van der Waals surface area contributed by atoms with Crippen molar-refractivity contribution in [3.05, 3.63) is 152 Å². The molecule has 8 aromatic rings. The van der Waals surface area contributed by atoms with Gasteiger partial charge in [0.15, 0.2) is 0 Å². The van der Waals surface area contributed by atoms with Crippen molar-refractivity contribution in [2.45, 2.75) is 26.2 Å². The Morgan fingerprint density at radius 1 is 0.674 bits per heavy atom. The van der Waals surface area contributed by atoms with Crippen molar-refractivity contribution in [3.63, 3.8) is 0 Å². The van der Waals surface area contributed by atoms with Crippen LogP contribution in [0.4, 0.5) is 0 Å². The molecule has 0 spiro atoms. The van der Waals surface area contributed by atoms with Gasteiger partial charge in [-0.25, -0.2) is 4.98 Å². The van der Waals surface area contributed by atoms with Crippen molar-refractivity contribution in [2.75, 3.05) is 0 Å². The number of hydrogen-bond acceptors (Lipinski definition) is 2. The van der Waals surface area contributed by atoms with Gasteiger partial charge in [-0.05, 0) is 52.4 Å². The van der Waals surface area contributed by atoms with Gasteiger partial charge in [0.2, 0.25) is 0 Å². The molecule has 0 saturated carbocycles. The van der Waals surface area contributed by atoms with Crippen LogP contribution in [-0.4, -0.2) is 14.1 Å². The molecule has 3 heterocycles. The Balaban J connectivity index is 0.00000338. The van der Waals surface area contributed by atoms with Crippen LogP contribution >= 0.6 is 0 Å². The van der Waals surface area contributed by atoms with Gasteiger partial charge >= 0.3 is 0 Å². The normalized spacial score (nSPS) is 11.6. The average molecular weight is 778 g/mol. The van der Waals surface area contributed by atoms with Crippen LogP contribution in [0.1, 0.15) is 26.3 Å². The maximum Gasteiger partial charge on any atom is 0.268 e. The van der Waals surface area contributed by atoms with E-state index in [1.807, 2.05) is 65.4 Å². The third-order valence-corrected chi connectivity index (χ3v) is 8.20. The number of imidazole rings is 1. The van der Waals surface area contributed by atoms with Crippen LogP contribution in [0.25, 0.3) is 50.0 Å². The smallest absolute Gasteiger partial charge is 0.268 e. The molecule has 228 valence electrons. The quantitative estimate of drug-likeness (QED) is 0.129. The van der Waals surface area contributed by atoms with Gasteiger partial charge in [-0.15, -0.1) is 29.7 Å². The van der Waals surface area contributed by atoms with Gasteiger partial charge < -0.3 is 13.9 Å². The largest absolute Gasteiger partial charge is 0.510 e. The summed E-state index contributed by atoms with van der Waals surface area (Å²) < 4.78 is 12.7. The van der Waals surface area contributed by atoms with Crippen LogP contribution in [0.5, 0.6) is 11.5 Å². The third kappa shape index (κ3) is 5.21. The van der Waals surface area contributed by atoms with Crippen LogP contribution in [0.15, 0.2) is 128 Å². The van der Waals surface area contributed by atoms with Crippen LogP contribution < -0.4 is 9.30 Å². The molecule has 0 radical (unpaired) electrons. The minimum absolute atomic E-state index is 0. The maximum atomic E-state index is 6.41. The zero-order valence-corrected chi connectivity index (χ0v) is 27.9. The predicted octanol–water partition coefficient (Wildman–Crippen LogP) is 8.89. The second-order valence-electron chi connectivity index (χ2n) is 12.2. The van der Waals surface area contributed by atoms with Crippen LogP contribution in [0.3, 0.4) is 0 Å². The van der Waals surface area contributed by atoms with E-state index in [0.29, 0.717) is 11.5 Å². The van der Waals surface area contributed by atoms with Gasteiger partial charge in [-0.3, -0.25) is 4.57 Å². The summed E-state index contributed by atoms with van der Waals surface area (Å²) in [6.45, 7) is 6.69. The summed E-state index contributed by atoms with van der Waals surface area (Å²) in [6.07, 6.45) is 5.37. The van der Waals surface area contributed by atoms with Crippen molar-refractivity contribution >= 4 is 32.8 Å². The molecule has 5 aromatic carbocycles. The first-order chi connectivity index (χ1) is 21.9. The van der Waals surface area contributed by atoms with Gasteiger partial charge in [0.1, 0.15) is 5.82 Å². The fourth-order valence-electron chi connectivity index (χ4n) is 5.94. The first kappa shape index (κ1) is 29.7. The molecule has 0 aliphatic rings. The van der Waals surface area contributed by atoms with E-state index in [1.54, 1.807) is 0 Å². The van der Waals surface area contributed by atoms with E-state index in [-0.39, 0.29) is 26.5 Å². The molecular weight excluding hydrogens is 748 g/mol. The van der Waals surface area contributed by atoms with Gasteiger partial charge in [0, 0.05) is 44.3 Å². The second-order valence-corrected chi connectivity index (χ2v) is 12.2. The summed E-state index contributed by atoms with van der Waals surface area (Å²) in [4.78, 5) is 4.63. The van der Waals surface area contributed by atoms with Crippen LogP contribution in [-0.2, 0) is 26.5 Å².